The number of carbonyl (C=O) groups is 1. The molecule has 1 heterocycles. The Kier molecular flexibility index (Phi) is 6.10. The van der Waals surface area contributed by atoms with Crippen LogP contribution < -0.4 is 4.74 Å². The zero-order valence-electron chi connectivity index (χ0n) is 14.3. The van der Waals surface area contributed by atoms with Gasteiger partial charge in [0, 0.05) is 38.6 Å². The summed E-state index contributed by atoms with van der Waals surface area (Å²) < 4.78 is 5.63. The average molecular weight is 332 g/mol. The molecule has 132 valence electrons. The fraction of sp³-hybridized carbons (Fsp3) is 0.632. The van der Waals surface area contributed by atoms with Gasteiger partial charge in [-0.3, -0.25) is 9.69 Å². The summed E-state index contributed by atoms with van der Waals surface area (Å²) in [7, 11) is 0. The first-order valence-electron chi connectivity index (χ1n) is 9.12. The molecule has 24 heavy (non-hydrogen) atoms. The number of hydrogen-bond donors (Lipinski definition) is 1. The third kappa shape index (κ3) is 4.48. The Bertz CT molecular complexity index is 515. The van der Waals surface area contributed by atoms with Crippen LogP contribution in [0.1, 0.15) is 32.1 Å². The van der Waals surface area contributed by atoms with Gasteiger partial charge in [0.05, 0.1) is 12.7 Å². The van der Waals surface area contributed by atoms with E-state index in [0.29, 0.717) is 19.1 Å². The van der Waals surface area contributed by atoms with Gasteiger partial charge >= 0.3 is 0 Å². The van der Waals surface area contributed by atoms with Crippen molar-refractivity contribution in [3.05, 3.63) is 30.3 Å². The molecule has 1 amide bonds. The Morgan fingerprint density at radius 3 is 2.54 bits per heavy atom. The Hall–Kier alpha value is -1.59. The number of aliphatic hydroxyl groups excluding tert-OH is 1. The summed E-state index contributed by atoms with van der Waals surface area (Å²) in [6.07, 6.45) is 4.24. The molecule has 2 aliphatic rings. The lowest BCUT2D eigenvalue weighted by Gasteiger charge is -2.39. The van der Waals surface area contributed by atoms with Crippen LogP contribution in [-0.2, 0) is 4.79 Å². The quantitative estimate of drug-likeness (QED) is 0.809. The minimum atomic E-state index is -0.178. The minimum absolute atomic E-state index is 0.178. The zero-order chi connectivity index (χ0) is 16.8. The standard InChI is InChI=1S/C19H28N2O3/c22-18-9-4-8-17(18)20-11-13-21(14-12-20)19(23)10-5-15-24-16-6-2-1-3-7-16/h1-3,6-7,17-18,22H,4-5,8-15H2/t17-,18+/m0/s1. The molecule has 5 heteroatoms. The summed E-state index contributed by atoms with van der Waals surface area (Å²) in [6.45, 7) is 3.90. The normalized spacial score (nSPS) is 25.0. The number of amides is 1. The molecule has 5 nitrogen and oxygen atoms in total. The van der Waals surface area contributed by atoms with Gasteiger partial charge in [-0.15, -0.1) is 0 Å². The molecule has 0 radical (unpaired) electrons. The van der Waals surface area contributed by atoms with Crippen LogP contribution in [-0.4, -0.2) is 65.7 Å². The van der Waals surface area contributed by atoms with E-state index in [1.54, 1.807) is 0 Å². The van der Waals surface area contributed by atoms with Crippen molar-refractivity contribution >= 4 is 5.91 Å². The van der Waals surface area contributed by atoms with Crippen LogP contribution in [0.3, 0.4) is 0 Å². The van der Waals surface area contributed by atoms with Gasteiger partial charge in [-0.05, 0) is 37.8 Å². The van der Waals surface area contributed by atoms with Crippen LogP contribution in [0.5, 0.6) is 5.75 Å². The maximum atomic E-state index is 12.3. The first-order valence-corrected chi connectivity index (χ1v) is 9.12. The van der Waals surface area contributed by atoms with E-state index in [-0.39, 0.29) is 12.0 Å². The second-order valence-electron chi connectivity index (χ2n) is 6.75. The SMILES string of the molecule is O=C(CCCOc1ccccc1)N1CCN([C@H]2CCC[C@H]2O)CC1. The largest absolute Gasteiger partial charge is 0.494 e. The number of nitrogens with zero attached hydrogens (tertiary/aromatic N) is 2. The van der Waals surface area contributed by atoms with Gasteiger partial charge in [-0.1, -0.05) is 18.2 Å². The van der Waals surface area contributed by atoms with Crippen molar-refractivity contribution in [2.45, 2.75) is 44.2 Å². The Morgan fingerprint density at radius 1 is 1.12 bits per heavy atom. The number of hydrogen-bond acceptors (Lipinski definition) is 4. The number of piperazine rings is 1. The van der Waals surface area contributed by atoms with Gasteiger partial charge in [-0.2, -0.15) is 0 Å². The van der Waals surface area contributed by atoms with Crippen LogP contribution in [0, 0.1) is 0 Å². The van der Waals surface area contributed by atoms with Crippen molar-refractivity contribution in [2.75, 3.05) is 32.8 Å². The van der Waals surface area contributed by atoms with Gasteiger partial charge < -0.3 is 14.7 Å². The highest BCUT2D eigenvalue weighted by molar-refractivity contribution is 5.76. The lowest BCUT2D eigenvalue weighted by atomic mass is 10.1. The van der Waals surface area contributed by atoms with Gasteiger partial charge in [0.25, 0.3) is 0 Å². The lowest BCUT2D eigenvalue weighted by molar-refractivity contribution is -0.133. The van der Waals surface area contributed by atoms with Crippen molar-refractivity contribution in [2.24, 2.45) is 0 Å². The number of para-hydroxylation sites is 1. The third-order valence-electron chi connectivity index (χ3n) is 5.13. The summed E-state index contributed by atoms with van der Waals surface area (Å²) in [6, 6.07) is 10.0. The Balaban J connectivity index is 1.33. The van der Waals surface area contributed by atoms with Gasteiger partial charge in [0.15, 0.2) is 0 Å². The maximum absolute atomic E-state index is 12.3. The number of rotatable bonds is 6. The molecule has 0 spiro atoms. The molecular weight excluding hydrogens is 304 g/mol. The van der Waals surface area contributed by atoms with Crippen molar-refractivity contribution in [1.29, 1.82) is 0 Å². The second-order valence-corrected chi connectivity index (χ2v) is 6.75. The molecule has 1 aromatic rings. The Labute approximate surface area is 144 Å². The molecule has 1 saturated heterocycles. The molecule has 1 N–H and O–H groups in total. The molecule has 2 atom stereocenters. The van der Waals surface area contributed by atoms with Gasteiger partial charge in [0.2, 0.25) is 5.91 Å². The predicted octanol–water partition coefficient (Wildman–Crippen LogP) is 1.90. The summed E-state index contributed by atoms with van der Waals surface area (Å²) in [5.41, 5.74) is 0. The average Bonchev–Trinajstić information content (AvgIpc) is 3.05. The van der Waals surface area contributed by atoms with Crippen LogP contribution in [0.4, 0.5) is 0 Å². The fourth-order valence-electron chi connectivity index (χ4n) is 3.74. The van der Waals surface area contributed by atoms with Gasteiger partial charge in [0.1, 0.15) is 5.75 Å². The number of ether oxygens (including phenoxy) is 1. The molecule has 0 aromatic heterocycles. The highest BCUT2D eigenvalue weighted by Gasteiger charge is 2.33. The summed E-state index contributed by atoms with van der Waals surface area (Å²) in [5, 5.41) is 10.0. The van der Waals surface area contributed by atoms with Gasteiger partial charge in [-0.25, -0.2) is 0 Å². The smallest absolute Gasteiger partial charge is 0.222 e. The topological polar surface area (TPSA) is 53.0 Å². The first kappa shape index (κ1) is 17.2. The summed E-state index contributed by atoms with van der Waals surface area (Å²) in [4.78, 5) is 16.6. The molecule has 0 unspecified atom stereocenters. The van der Waals surface area contributed by atoms with Crippen molar-refractivity contribution in [3.63, 3.8) is 0 Å². The predicted molar refractivity (Wildman–Crippen MR) is 93.0 cm³/mol. The van der Waals surface area contributed by atoms with E-state index < -0.39 is 0 Å². The summed E-state index contributed by atoms with van der Waals surface area (Å²) >= 11 is 0. The lowest BCUT2D eigenvalue weighted by Crippen LogP contribution is -2.53. The first-order chi connectivity index (χ1) is 11.7. The minimum Gasteiger partial charge on any atom is -0.494 e. The zero-order valence-corrected chi connectivity index (χ0v) is 14.3. The molecular formula is C19H28N2O3. The van der Waals surface area contributed by atoms with E-state index in [1.807, 2.05) is 35.2 Å². The molecule has 3 rings (SSSR count). The molecule has 1 aliphatic heterocycles. The number of carbonyl (C=O) groups excluding carboxylic acids is 1. The van der Waals surface area contributed by atoms with E-state index >= 15 is 0 Å². The second kappa shape index (κ2) is 8.49. The van der Waals surface area contributed by atoms with E-state index in [4.69, 9.17) is 4.74 Å². The van der Waals surface area contributed by atoms with E-state index in [0.717, 1.165) is 57.6 Å². The molecule has 1 saturated carbocycles. The maximum Gasteiger partial charge on any atom is 0.222 e. The fourth-order valence-corrected chi connectivity index (χ4v) is 3.74. The van der Waals surface area contributed by atoms with Crippen LogP contribution in [0.2, 0.25) is 0 Å². The summed E-state index contributed by atoms with van der Waals surface area (Å²) in [5.74, 6) is 1.08. The van der Waals surface area contributed by atoms with Crippen molar-refractivity contribution < 1.29 is 14.6 Å². The van der Waals surface area contributed by atoms with Crippen molar-refractivity contribution in [1.82, 2.24) is 9.80 Å². The van der Waals surface area contributed by atoms with Crippen molar-refractivity contribution in [3.8, 4) is 5.75 Å². The third-order valence-corrected chi connectivity index (χ3v) is 5.13. The number of aliphatic hydroxyl groups is 1. The van der Waals surface area contributed by atoms with E-state index in [9.17, 15) is 9.90 Å². The van der Waals surface area contributed by atoms with E-state index in [2.05, 4.69) is 4.90 Å². The monoisotopic (exact) mass is 332 g/mol. The van der Waals surface area contributed by atoms with E-state index in [1.165, 1.54) is 0 Å². The number of benzene rings is 1. The Morgan fingerprint density at radius 2 is 1.88 bits per heavy atom. The molecule has 2 fully saturated rings. The molecule has 0 bridgehead atoms. The highest BCUT2D eigenvalue weighted by Crippen LogP contribution is 2.25. The van der Waals surface area contributed by atoms with Crippen LogP contribution in [0.15, 0.2) is 30.3 Å². The molecule has 1 aromatic carbocycles. The highest BCUT2D eigenvalue weighted by atomic mass is 16.5. The van der Waals surface area contributed by atoms with Crippen LogP contribution >= 0.6 is 0 Å². The molecule has 1 aliphatic carbocycles. The van der Waals surface area contributed by atoms with Crippen LogP contribution in [0.25, 0.3) is 0 Å².